The van der Waals surface area contributed by atoms with Crippen LogP contribution >= 0.6 is 0 Å². The van der Waals surface area contributed by atoms with Gasteiger partial charge in [-0.15, -0.1) is 0 Å². The lowest BCUT2D eigenvalue weighted by molar-refractivity contribution is -0.384. The molecule has 0 aliphatic carbocycles. The average molecular weight is 435 g/mol. The molecule has 0 atom stereocenters. The first-order chi connectivity index (χ1) is 15.5. The fourth-order valence-corrected chi connectivity index (χ4v) is 4.23. The van der Waals surface area contributed by atoms with E-state index in [1.807, 2.05) is 30.0 Å². The van der Waals surface area contributed by atoms with Gasteiger partial charge in [-0.2, -0.15) is 0 Å². The van der Waals surface area contributed by atoms with Crippen molar-refractivity contribution < 1.29 is 19.2 Å². The number of hydrogen-bond acceptors (Lipinski definition) is 6. The van der Waals surface area contributed by atoms with Gasteiger partial charge in [-0.1, -0.05) is 24.3 Å². The maximum Gasteiger partial charge on any atom is 0.277 e. The van der Waals surface area contributed by atoms with Crippen LogP contribution in [0.1, 0.15) is 30.0 Å². The monoisotopic (exact) mass is 435 g/mol. The first-order valence-electron chi connectivity index (χ1n) is 10.8. The van der Waals surface area contributed by atoms with Gasteiger partial charge in [-0.05, 0) is 48.6 Å². The van der Waals surface area contributed by atoms with Gasteiger partial charge in [-0.3, -0.25) is 24.6 Å². The summed E-state index contributed by atoms with van der Waals surface area (Å²) < 4.78 is 5.36. The Labute approximate surface area is 186 Å². The summed E-state index contributed by atoms with van der Waals surface area (Å²) in [4.78, 5) is 40.5. The van der Waals surface area contributed by atoms with Crippen molar-refractivity contribution in [3.63, 3.8) is 0 Å². The van der Waals surface area contributed by atoms with Crippen LogP contribution < -0.4 is 0 Å². The molecule has 2 aliphatic rings. The molecule has 0 bridgehead atoms. The molecule has 2 aliphatic heterocycles. The van der Waals surface area contributed by atoms with Gasteiger partial charge < -0.3 is 9.64 Å². The number of non-ortho nitro benzene ring substituents is 1. The van der Waals surface area contributed by atoms with Crippen LogP contribution in [-0.2, 0) is 27.3 Å². The number of carbonyl (C=O) groups excluding carboxylic acids is 2. The van der Waals surface area contributed by atoms with Crippen LogP contribution in [0.15, 0.2) is 54.2 Å². The zero-order valence-corrected chi connectivity index (χ0v) is 18.0. The predicted octanol–water partition coefficient (Wildman–Crippen LogP) is 3.16. The Bertz CT molecular complexity index is 1080. The summed E-state index contributed by atoms with van der Waals surface area (Å²) in [7, 11) is 0. The van der Waals surface area contributed by atoms with E-state index in [9.17, 15) is 19.7 Å². The van der Waals surface area contributed by atoms with Gasteiger partial charge in [0, 0.05) is 45.0 Å². The Hall–Kier alpha value is -3.52. The second-order valence-electron chi connectivity index (χ2n) is 7.78. The maximum atomic E-state index is 13.4. The summed E-state index contributed by atoms with van der Waals surface area (Å²) in [5.74, 6) is -0.687. The lowest BCUT2D eigenvalue weighted by Crippen LogP contribution is -2.38. The van der Waals surface area contributed by atoms with Crippen molar-refractivity contribution in [1.82, 2.24) is 9.80 Å². The van der Waals surface area contributed by atoms with E-state index < -0.39 is 4.92 Å². The molecule has 0 radical (unpaired) electrons. The van der Waals surface area contributed by atoms with Gasteiger partial charge in [0.05, 0.1) is 10.5 Å². The number of fused-ring (bicyclic) bond motifs is 1. The van der Waals surface area contributed by atoms with Crippen LogP contribution in [-0.4, -0.2) is 52.8 Å². The van der Waals surface area contributed by atoms with Crippen LogP contribution in [0, 0.1) is 10.1 Å². The van der Waals surface area contributed by atoms with Crippen LogP contribution in [0.5, 0.6) is 0 Å². The van der Waals surface area contributed by atoms with Crippen molar-refractivity contribution in [1.29, 1.82) is 0 Å². The summed E-state index contributed by atoms with van der Waals surface area (Å²) in [5.41, 5.74) is 3.50. The lowest BCUT2D eigenvalue weighted by atomic mass is 9.98. The van der Waals surface area contributed by atoms with Crippen LogP contribution in [0.4, 0.5) is 5.69 Å². The average Bonchev–Trinajstić information content (AvgIpc) is 3.06. The van der Waals surface area contributed by atoms with Gasteiger partial charge in [-0.25, -0.2) is 0 Å². The molecule has 4 rings (SSSR count). The van der Waals surface area contributed by atoms with E-state index in [4.69, 9.17) is 4.74 Å². The van der Waals surface area contributed by atoms with Crippen molar-refractivity contribution >= 4 is 23.1 Å². The van der Waals surface area contributed by atoms with Crippen molar-refractivity contribution in [2.75, 3.05) is 26.3 Å². The number of benzene rings is 2. The highest BCUT2D eigenvalue weighted by Gasteiger charge is 2.41. The molecular formula is C24H25N3O5. The number of hydrogen-bond donors (Lipinski definition) is 0. The molecular weight excluding hydrogens is 410 g/mol. The van der Waals surface area contributed by atoms with Gasteiger partial charge >= 0.3 is 0 Å². The molecule has 2 amide bonds. The Kier molecular flexibility index (Phi) is 6.32. The quantitative estimate of drug-likeness (QED) is 0.274. The van der Waals surface area contributed by atoms with Crippen molar-refractivity contribution in [3.05, 3.63) is 81.0 Å². The predicted molar refractivity (Wildman–Crippen MR) is 118 cm³/mol. The molecule has 0 fully saturated rings. The van der Waals surface area contributed by atoms with Crippen LogP contribution in [0.25, 0.3) is 5.57 Å². The smallest absolute Gasteiger partial charge is 0.277 e. The first kappa shape index (κ1) is 21.7. The molecule has 32 heavy (non-hydrogen) atoms. The SMILES string of the molecule is CCOCCCN1C(=O)C(c2ccc([N+](=O)[O-])cc2)=C(N2CCc3ccccc3C2)C1=O. The standard InChI is InChI=1S/C24H25N3O5/c1-2-32-15-5-13-26-23(28)21(18-8-10-20(11-9-18)27(30)31)22(24(26)29)25-14-12-17-6-3-4-7-19(17)16-25/h3-4,6-11H,2,5,12-16H2,1H3. The highest BCUT2D eigenvalue weighted by molar-refractivity contribution is 6.35. The van der Waals surface area contributed by atoms with E-state index in [1.165, 1.54) is 22.6 Å². The van der Waals surface area contributed by atoms with Gasteiger partial charge in [0.2, 0.25) is 0 Å². The minimum absolute atomic E-state index is 0.0619. The largest absolute Gasteiger partial charge is 0.382 e. The molecule has 0 spiro atoms. The van der Waals surface area contributed by atoms with Gasteiger partial charge in [0.1, 0.15) is 5.70 Å². The van der Waals surface area contributed by atoms with E-state index >= 15 is 0 Å². The third-order valence-corrected chi connectivity index (χ3v) is 5.83. The Morgan fingerprint density at radius 3 is 2.44 bits per heavy atom. The normalized spacial score (nSPS) is 16.0. The number of ether oxygens (including phenoxy) is 1. The zero-order valence-electron chi connectivity index (χ0n) is 18.0. The fourth-order valence-electron chi connectivity index (χ4n) is 4.23. The molecule has 166 valence electrons. The van der Waals surface area contributed by atoms with E-state index in [0.717, 1.165) is 12.0 Å². The number of rotatable bonds is 8. The second-order valence-corrected chi connectivity index (χ2v) is 7.78. The molecule has 0 saturated heterocycles. The van der Waals surface area contributed by atoms with Crippen LogP contribution in [0.2, 0.25) is 0 Å². The summed E-state index contributed by atoms with van der Waals surface area (Å²) in [6.45, 7) is 4.36. The molecule has 0 aromatic heterocycles. The number of nitrogens with zero attached hydrogens (tertiary/aromatic N) is 3. The summed E-state index contributed by atoms with van der Waals surface area (Å²) >= 11 is 0. The van der Waals surface area contributed by atoms with E-state index in [1.54, 1.807) is 12.1 Å². The first-order valence-corrected chi connectivity index (χ1v) is 10.8. The highest BCUT2D eigenvalue weighted by Crippen LogP contribution is 2.35. The minimum atomic E-state index is -0.484. The summed E-state index contributed by atoms with van der Waals surface area (Å²) in [6.07, 6.45) is 1.33. The molecule has 2 aromatic rings. The summed E-state index contributed by atoms with van der Waals surface area (Å²) in [5, 5.41) is 11.0. The fraction of sp³-hybridized carbons (Fsp3) is 0.333. The Morgan fingerprint density at radius 2 is 1.75 bits per heavy atom. The van der Waals surface area contributed by atoms with Crippen LogP contribution in [0.3, 0.4) is 0 Å². The number of imide groups is 1. The zero-order chi connectivity index (χ0) is 22.7. The number of carbonyl (C=O) groups is 2. The van der Waals surface area contributed by atoms with Crippen molar-refractivity contribution in [2.24, 2.45) is 0 Å². The molecule has 2 aromatic carbocycles. The van der Waals surface area contributed by atoms with Gasteiger partial charge in [0.25, 0.3) is 17.5 Å². The molecule has 0 N–H and O–H groups in total. The Morgan fingerprint density at radius 1 is 1.03 bits per heavy atom. The van der Waals surface area contributed by atoms with Crippen molar-refractivity contribution in [2.45, 2.75) is 26.3 Å². The molecule has 8 heteroatoms. The molecule has 0 saturated carbocycles. The lowest BCUT2D eigenvalue weighted by Gasteiger charge is -2.31. The molecule has 2 heterocycles. The number of amides is 2. The van der Waals surface area contributed by atoms with E-state index in [-0.39, 0.29) is 24.0 Å². The molecule has 0 unspecified atom stereocenters. The minimum Gasteiger partial charge on any atom is -0.382 e. The topological polar surface area (TPSA) is 93.0 Å². The Balaban J connectivity index is 1.69. The highest BCUT2D eigenvalue weighted by atomic mass is 16.6. The second kappa shape index (κ2) is 9.32. The maximum absolute atomic E-state index is 13.4. The van der Waals surface area contributed by atoms with E-state index in [2.05, 4.69) is 6.07 Å². The van der Waals surface area contributed by atoms with Gasteiger partial charge in [0.15, 0.2) is 0 Å². The summed E-state index contributed by atoms with van der Waals surface area (Å²) in [6, 6.07) is 13.9. The third kappa shape index (κ3) is 4.13. The number of nitro benzene ring substituents is 1. The third-order valence-electron chi connectivity index (χ3n) is 5.83. The van der Waals surface area contributed by atoms with E-state index in [0.29, 0.717) is 49.6 Å². The number of nitro groups is 1. The molecule has 8 nitrogen and oxygen atoms in total. The van der Waals surface area contributed by atoms with Crippen molar-refractivity contribution in [3.8, 4) is 0 Å².